The van der Waals surface area contributed by atoms with Crippen molar-refractivity contribution in [2.75, 3.05) is 22.1 Å². The lowest BCUT2D eigenvalue weighted by molar-refractivity contribution is -0.114. The van der Waals surface area contributed by atoms with E-state index in [1.54, 1.807) is 0 Å². The maximum atomic E-state index is 12.1. The number of aromatic nitrogens is 4. The molecule has 2 heterocycles. The van der Waals surface area contributed by atoms with Crippen LogP contribution in [0.5, 0.6) is 0 Å². The standard InChI is InChI=1S/C20H32N6O2S/c1-7-13(3)25-15(5)9-17(23-25)21-19(27)11-29-12-20(28)22-18-10-16(6)26(24-18)14(4)8-2/h9-10,13-14H,7-8,11-12H2,1-6H3,(H,21,23,27)(H,22,24,28). The Kier molecular flexibility index (Phi) is 8.31. The van der Waals surface area contributed by atoms with Gasteiger partial charge in [-0.05, 0) is 40.5 Å². The Morgan fingerprint density at radius 3 is 1.62 bits per heavy atom. The van der Waals surface area contributed by atoms with Gasteiger partial charge in [0.25, 0.3) is 0 Å². The average Bonchev–Trinajstić information content (AvgIpc) is 3.22. The van der Waals surface area contributed by atoms with Crippen molar-refractivity contribution in [2.24, 2.45) is 0 Å². The monoisotopic (exact) mass is 420 g/mol. The first kappa shape index (κ1) is 23.0. The summed E-state index contributed by atoms with van der Waals surface area (Å²) in [6.45, 7) is 12.3. The summed E-state index contributed by atoms with van der Waals surface area (Å²) in [5, 5.41) is 14.5. The van der Waals surface area contributed by atoms with Gasteiger partial charge in [0.2, 0.25) is 11.8 Å². The number of rotatable bonds is 10. The molecule has 2 aromatic heterocycles. The minimum atomic E-state index is -0.173. The maximum Gasteiger partial charge on any atom is 0.235 e. The largest absolute Gasteiger partial charge is 0.308 e. The lowest BCUT2D eigenvalue weighted by atomic mass is 10.2. The van der Waals surface area contributed by atoms with Crippen LogP contribution in [-0.4, -0.2) is 42.9 Å². The van der Waals surface area contributed by atoms with Crippen LogP contribution in [0, 0.1) is 13.8 Å². The predicted octanol–water partition coefficient (Wildman–Crippen LogP) is 3.95. The third-order valence-electron chi connectivity index (χ3n) is 4.86. The number of anilines is 2. The van der Waals surface area contributed by atoms with Gasteiger partial charge in [-0.1, -0.05) is 13.8 Å². The zero-order chi connectivity index (χ0) is 21.6. The van der Waals surface area contributed by atoms with Gasteiger partial charge in [0.15, 0.2) is 11.6 Å². The maximum absolute atomic E-state index is 12.1. The summed E-state index contributed by atoms with van der Waals surface area (Å²) >= 11 is 1.26. The number of nitrogens with one attached hydrogen (secondary N) is 2. The smallest absolute Gasteiger partial charge is 0.235 e. The molecule has 2 unspecified atom stereocenters. The lowest BCUT2D eigenvalue weighted by Crippen LogP contribution is -2.19. The van der Waals surface area contributed by atoms with Crippen molar-refractivity contribution in [3.05, 3.63) is 23.5 Å². The van der Waals surface area contributed by atoms with Crippen LogP contribution in [0.15, 0.2) is 12.1 Å². The van der Waals surface area contributed by atoms with E-state index in [0.29, 0.717) is 11.6 Å². The quantitative estimate of drug-likeness (QED) is 0.607. The number of hydrogen-bond acceptors (Lipinski definition) is 5. The van der Waals surface area contributed by atoms with Gasteiger partial charge in [0.05, 0.1) is 11.5 Å². The molecule has 0 aromatic carbocycles. The van der Waals surface area contributed by atoms with Gasteiger partial charge in [-0.25, -0.2) is 0 Å². The molecule has 2 atom stereocenters. The molecule has 0 spiro atoms. The molecule has 160 valence electrons. The zero-order valence-corrected chi connectivity index (χ0v) is 19.0. The normalized spacial score (nSPS) is 13.2. The summed E-state index contributed by atoms with van der Waals surface area (Å²) in [5.41, 5.74) is 2.02. The number of thioether (sulfide) groups is 1. The van der Waals surface area contributed by atoms with Crippen molar-refractivity contribution in [2.45, 2.75) is 66.5 Å². The van der Waals surface area contributed by atoms with Crippen LogP contribution in [0.4, 0.5) is 11.6 Å². The Labute approximate surface area is 176 Å². The minimum Gasteiger partial charge on any atom is -0.308 e. The zero-order valence-electron chi connectivity index (χ0n) is 18.2. The van der Waals surface area contributed by atoms with E-state index in [1.165, 1.54) is 11.8 Å². The van der Waals surface area contributed by atoms with E-state index in [2.05, 4.69) is 48.5 Å². The van der Waals surface area contributed by atoms with Gasteiger partial charge in [-0.2, -0.15) is 10.2 Å². The fourth-order valence-corrected chi connectivity index (χ4v) is 3.55. The van der Waals surface area contributed by atoms with Gasteiger partial charge in [-0.3, -0.25) is 19.0 Å². The summed E-state index contributed by atoms with van der Waals surface area (Å²) in [7, 11) is 0. The van der Waals surface area contributed by atoms with Crippen LogP contribution in [-0.2, 0) is 9.59 Å². The molecule has 0 saturated carbocycles. The highest BCUT2D eigenvalue weighted by molar-refractivity contribution is 8.00. The fourth-order valence-electron chi connectivity index (χ4n) is 2.93. The molecule has 0 aliphatic rings. The van der Waals surface area contributed by atoms with Gasteiger partial charge in [-0.15, -0.1) is 11.8 Å². The van der Waals surface area contributed by atoms with E-state index in [1.807, 2.05) is 35.3 Å². The van der Waals surface area contributed by atoms with Crippen LogP contribution in [0.3, 0.4) is 0 Å². The molecule has 0 aliphatic heterocycles. The van der Waals surface area contributed by atoms with Crippen LogP contribution < -0.4 is 10.6 Å². The molecule has 2 rings (SSSR count). The Morgan fingerprint density at radius 1 is 0.897 bits per heavy atom. The van der Waals surface area contributed by atoms with Gasteiger partial charge in [0, 0.05) is 35.6 Å². The molecular formula is C20H32N6O2S. The Hall–Kier alpha value is -2.29. The Balaban J connectivity index is 1.78. The number of nitrogens with zero attached hydrogens (tertiary/aromatic N) is 4. The first-order valence-electron chi connectivity index (χ1n) is 10.0. The van der Waals surface area contributed by atoms with Gasteiger partial charge in [0.1, 0.15) is 0 Å². The molecular weight excluding hydrogens is 388 g/mol. The average molecular weight is 421 g/mol. The molecule has 8 nitrogen and oxygen atoms in total. The van der Waals surface area contributed by atoms with E-state index in [9.17, 15) is 9.59 Å². The second kappa shape index (κ2) is 10.5. The van der Waals surface area contributed by atoms with Crippen LogP contribution in [0.25, 0.3) is 0 Å². The van der Waals surface area contributed by atoms with Crippen LogP contribution in [0.2, 0.25) is 0 Å². The SMILES string of the molecule is CCC(C)n1nc(NC(=O)CSCC(=O)Nc2cc(C)n(C(C)CC)n2)cc1C. The number of carbonyl (C=O) groups is 2. The van der Waals surface area contributed by atoms with Crippen LogP contribution >= 0.6 is 11.8 Å². The predicted molar refractivity (Wildman–Crippen MR) is 119 cm³/mol. The summed E-state index contributed by atoms with van der Waals surface area (Å²) in [6, 6.07) is 4.28. The molecule has 2 amide bonds. The van der Waals surface area contributed by atoms with Crippen molar-refractivity contribution < 1.29 is 9.59 Å². The number of hydrogen-bond donors (Lipinski definition) is 2. The molecule has 2 aromatic rings. The molecule has 0 saturated heterocycles. The van der Waals surface area contributed by atoms with Crippen molar-refractivity contribution in [3.8, 4) is 0 Å². The van der Waals surface area contributed by atoms with Crippen molar-refractivity contribution in [3.63, 3.8) is 0 Å². The molecule has 0 bridgehead atoms. The third kappa shape index (κ3) is 6.35. The summed E-state index contributed by atoms with van der Waals surface area (Å²) < 4.78 is 3.83. The first-order valence-corrected chi connectivity index (χ1v) is 11.2. The lowest BCUT2D eigenvalue weighted by Gasteiger charge is -2.11. The second-order valence-corrected chi connectivity index (χ2v) is 8.32. The first-order chi connectivity index (χ1) is 13.7. The summed E-state index contributed by atoms with van der Waals surface area (Å²) in [4.78, 5) is 24.3. The van der Waals surface area contributed by atoms with Crippen molar-refractivity contribution in [1.82, 2.24) is 19.6 Å². The second-order valence-electron chi connectivity index (χ2n) is 7.33. The molecule has 0 aliphatic carbocycles. The van der Waals surface area contributed by atoms with Crippen molar-refractivity contribution >= 4 is 35.2 Å². The van der Waals surface area contributed by atoms with Crippen LogP contribution in [0.1, 0.15) is 64.0 Å². The topological polar surface area (TPSA) is 93.8 Å². The van der Waals surface area contributed by atoms with Gasteiger partial charge < -0.3 is 10.6 Å². The number of amides is 2. The molecule has 29 heavy (non-hydrogen) atoms. The summed E-state index contributed by atoms with van der Waals surface area (Å²) in [5.74, 6) is 1.11. The third-order valence-corrected chi connectivity index (χ3v) is 5.80. The van der Waals surface area contributed by atoms with Crippen molar-refractivity contribution in [1.29, 1.82) is 0 Å². The van der Waals surface area contributed by atoms with E-state index in [4.69, 9.17) is 0 Å². The number of carbonyl (C=O) groups excluding carboxylic acids is 2. The molecule has 9 heteroatoms. The Bertz CT molecular complexity index is 776. The highest BCUT2D eigenvalue weighted by Crippen LogP contribution is 2.18. The fraction of sp³-hybridized carbons (Fsp3) is 0.600. The van der Waals surface area contributed by atoms with E-state index in [0.717, 1.165) is 24.2 Å². The number of aryl methyl sites for hydroxylation is 2. The van der Waals surface area contributed by atoms with Gasteiger partial charge >= 0.3 is 0 Å². The molecule has 2 N–H and O–H groups in total. The highest BCUT2D eigenvalue weighted by Gasteiger charge is 2.14. The van der Waals surface area contributed by atoms with E-state index >= 15 is 0 Å². The molecule has 0 fully saturated rings. The van der Waals surface area contributed by atoms with E-state index < -0.39 is 0 Å². The van der Waals surface area contributed by atoms with E-state index in [-0.39, 0.29) is 35.4 Å². The summed E-state index contributed by atoms with van der Waals surface area (Å²) in [6.07, 6.45) is 1.94. The highest BCUT2D eigenvalue weighted by atomic mass is 32.2. The minimum absolute atomic E-state index is 0.173. The molecule has 0 radical (unpaired) electrons. The Morgan fingerprint density at radius 2 is 1.28 bits per heavy atom.